The SMILES string of the molecule is COc1cccc(-n2c(SC(C)C(=O)Nc3cc(F)ccc3F)nc3ccccc3c2=O)c1. The number of para-hydroxylation sites is 1. The topological polar surface area (TPSA) is 73.2 Å². The van der Waals surface area contributed by atoms with Crippen molar-refractivity contribution in [2.75, 3.05) is 12.4 Å². The van der Waals surface area contributed by atoms with Gasteiger partial charge in [0, 0.05) is 12.1 Å². The second-order valence-corrected chi connectivity index (χ2v) is 8.44. The Hall–Kier alpha value is -3.72. The number of carbonyl (C=O) groups excluding carboxylic acids is 1. The number of nitrogens with zero attached hydrogens (tertiary/aromatic N) is 2. The van der Waals surface area contributed by atoms with Gasteiger partial charge in [0.1, 0.15) is 17.4 Å². The second-order valence-electron chi connectivity index (χ2n) is 7.13. The number of fused-ring (bicyclic) bond motifs is 1. The first kappa shape index (κ1) is 22.5. The number of methoxy groups -OCH3 is 1. The lowest BCUT2D eigenvalue weighted by atomic mass is 10.2. The third kappa shape index (κ3) is 4.73. The summed E-state index contributed by atoms with van der Waals surface area (Å²) in [6.07, 6.45) is 0. The molecule has 0 fully saturated rings. The van der Waals surface area contributed by atoms with Gasteiger partial charge in [0.25, 0.3) is 5.56 Å². The number of rotatable bonds is 6. The zero-order valence-electron chi connectivity index (χ0n) is 17.7. The standard InChI is InChI=1S/C24H19F2N3O3S/c1-14(22(30)27-21-12-15(25)10-11-19(21)26)33-24-28-20-9-4-3-8-18(20)23(31)29(24)16-6-5-7-17(13-16)32-2/h3-14H,1-2H3,(H,27,30). The Morgan fingerprint density at radius 2 is 1.88 bits per heavy atom. The highest BCUT2D eigenvalue weighted by atomic mass is 32.2. The number of carbonyl (C=O) groups is 1. The van der Waals surface area contributed by atoms with Crippen LogP contribution < -0.4 is 15.6 Å². The van der Waals surface area contributed by atoms with Gasteiger partial charge in [-0.15, -0.1) is 0 Å². The van der Waals surface area contributed by atoms with Crippen LogP contribution in [0, 0.1) is 11.6 Å². The number of halogens is 2. The molecule has 4 aromatic rings. The Morgan fingerprint density at radius 3 is 2.67 bits per heavy atom. The van der Waals surface area contributed by atoms with Crippen molar-refractivity contribution < 1.29 is 18.3 Å². The highest BCUT2D eigenvalue weighted by Gasteiger charge is 2.21. The van der Waals surface area contributed by atoms with Crippen molar-refractivity contribution in [3.8, 4) is 11.4 Å². The fourth-order valence-corrected chi connectivity index (χ4v) is 4.13. The van der Waals surface area contributed by atoms with Crippen LogP contribution in [0.3, 0.4) is 0 Å². The molecule has 1 amide bonds. The van der Waals surface area contributed by atoms with E-state index in [1.54, 1.807) is 55.5 Å². The third-order valence-electron chi connectivity index (χ3n) is 4.89. The maximum absolute atomic E-state index is 13.9. The molecule has 1 heterocycles. The van der Waals surface area contributed by atoms with Crippen LogP contribution in [-0.2, 0) is 4.79 Å². The molecule has 0 radical (unpaired) electrons. The predicted octanol–water partition coefficient (Wildman–Crippen LogP) is 4.79. The smallest absolute Gasteiger partial charge is 0.266 e. The van der Waals surface area contributed by atoms with Gasteiger partial charge in [-0.25, -0.2) is 13.8 Å². The predicted molar refractivity (Wildman–Crippen MR) is 124 cm³/mol. The normalized spacial score (nSPS) is 11.9. The van der Waals surface area contributed by atoms with Gasteiger partial charge >= 0.3 is 0 Å². The molecule has 1 unspecified atom stereocenters. The quantitative estimate of drug-likeness (QED) is 0.326. The summed E-state index contributed by atoms with van der Waals surface area (Å²) >= 11 is 1.03. The summed E-state index contributed by atoms with van der Waals surface area (Å²) in [6.45, 7) is 1.59. The van der Waals surface area contributed by atoms with E-state index in [0.717, 1.165) is 30.0 Å². The maximum atomic E-state index is 13.9. The van der Waals surface area contributed by atoms with E-state index in [2.05, 4.69) is 10.3 Å². The third-order valence-corrected chi connectivity index (χ3v) is 5.95. The first-order valence-corrected chi connectivity index (χ1v) is 10.8. The number of anilines is 1. The number of hydrogen-bond acceptors (Lipinski definition) is 5. The van der Waals surface area contributed by atoms with Crippen molar-refractivity contribution >= 4 is 34.3 Å². The molecule has 0 aliphatic carbocycles. The number of thioether (sulfide) groups is 1. The van der Waals surface area contributed by atoms with E-state index >= 15 is 0 Å². The number of ether oxygens (including phenoxy) is 1. The number of amides is 1. The molecule has 33 heavy (non-hydrogen) atoms. The minimum atomic E-state index is -0.780. The van der Waals surface area contributed by atoms with E-state index in [4.69, 9.17) is 4.74 Å². The molecule has 0 aliphatic heterocycles. The summed E-state index contributed by atoms with van der Waals surface area (Å²) in [5, 5.41) is 2.30. The maximum Gasteiger partial charge on any atom is 0.266 e. The van der Waals surface area contributed by atoms with Crippen LogP contribution in [0.15, 0.2) is 76.7 Å². The van der Waals surface area contributed by atoms with Crippen molar-refractivity contribution in [2.45, 2.75) is 17.3 Å². The molecule has 0 aliphatic rings. The summed E-state index contributed by atoms with van der Waals surface area (Å²) in [5.74, 6) is -1.44. The van der Waals surface area contributed by atoms with Gasteiger partial charge in [0.05, 0.1) is 34.6 Å². The molecule has 1 N–H and O–H groups in total. The Kier molecular flexibility index (Phi) is 6.41. The number of hydrogen-bond donors (Lipinski definition) is 1. The Labute approximate surface area is 192 Å². The number of nitrogens with one attached hydrogen (secondary N) is 1. The van der Waals surface area contributed by atoms with Gasteiger partial charge in [-0.05, 0) is 43.3 Å². The zero-order chi connectivity index (χ0) is 23.5. The Morgan fingerprint density at radius 1 is 1.09 bits per heavy atom. The van der Waals surface area contributed by atoms with E-state index < -0.39 is 22.8 Å². The van der Waals surface area contributed by atoms with Crippen molar-refractivity contribution in [3.63, 3.8) is 0 Å². The molecular weight excluding hydrogens is 448 g/mol. The summed E-state index contributed by atoms with van der Waals surface area (Å²) in [5.41, 5.74) is 0.432. The van der Waals surface area contributed by atoms with E-state index in [0.29, 0.717) is 22.3 Å². The number of aromatic nitrogens is 2. The molecule has 0 bridgehead atoms. The average Bonchev–Trinajstić information content (AvgIpc) is 2.81. The van der Waals surface area contributed by atoms with E-state index in [9.17, 15) is 18.4 Å². The van der Waals surface area contributed by atoms with Gasteiger partial charge in [-0.3, -0.25) is 14.2 Å². The van der Waals surface area contributed by atoms with Crippen LogP contribution in [-0.4, -0.2) is 27.8 Å². The van der Waals surface area contributed by atoms with Crippen LogP contribution in [0.2, 0.25) is 0 Å². The van der Waals surface area contributed by atoms with Crippen molar-refractivity contribution in [1.29, 1.82) is 0 Å². The second kappa shape index (κ2) is 9.41. The molecular formula is C24H19F2N3O3S. The lowest BCUT2D eigenvalue weighted by Crippen LogP contribution is -2.26. The highest BCUT2D eigenvalue weighted by molar-refractivity contribution is 8.00. The van der Waals surface area contributed by atoms with Gasteiger partial charge < -0.3 is 10.1 Å². The molecule has 0 saturated carbocycles. The minimum Gasteiger partial charge on any atom is -0.497 e. The lowest BCUT2D eigenvalue weighted by Gasteiger charge is -2.17. The fraction of sp³-hybridized carbons (Fsp3) is 0.125. The average molecular weight is 467 g/mol. The van der Waals surface area contributed by atoms with E-state index in [1.807, 2.05) is 0 Å². The Bertz CT molecular complexity index is 1410. The van der Waals surface area contributed by atoms with Crippen molar-refractivity contribution in [1.82, 2.24) is 9.55 Å². The van der Waals surface area contributed by atoms with Crippen LogP contribution >= 0.6 is 11.8 Å². The van der Waals surface area contributed by atoms with Gasteiger partial charge in [-0.2, -0.15) is 0 Å². The van der Waals surface area contributed by atoms with E-state index in [1.165, 1.54) is 11.7 Å². The number of benzene rings is 3. The summed E-state index contributed by atoms with van der Waals surface area (Å²) in [6, 6.07) is 16.6. The van der Waals surface area contributed by atoms with Crippen LogP contribution in [0.1, 0.15) is 6.92 Å². The monoisotopic (exact) mass is 467 g/mol. The van der Waals surface area contributed by atoms with Gasteiger partial charge in [0.15, 0.2) is 5.16 Å². The highest BCUT2D eigenvalue weighted by Crippen LogP contribution is 2.27. The van der Waals surface area contributed by atoms with Crippen LogP contribution in [0.4, 0.5) is 14.5 Å². The van der Waals surface area contributed by atoms with E-state index in [-0.39, 0.29) is 16.4 Å². The molecule has 3 aromatic carbocycles. The first-order valence-electron chi connectivity index (χ1n) is 9.96. The summed E-state index contributed by atoms with van der Waals surface area (Å²) < 4.78 is 34.1. The minimum absolute atomic E-state index is 0.260. The molecule has 6 nitrogen and oxygen atoms in total. The molecule has 1 aromatic heterocycles. The van der Waals surface area contributed by atoms with Crippen molar-refractivity contribution in [3.05, 3.63) is 88.7 Å². The fourth-order valence-electron chi connectivity index (χ4n) is 3.21. The van der Waals surface area contributed by atoms with Crippen LogP contribution in [0.25, 0.3) is 16.6 Å². The summed E-state index contributed by atoms with van der Waals surface area (Å²) in [7, 11) is 1.52. The largest absolute Gasteiger partial charge is 0.497 e. The van der Waals surface area contributed by atoms with Gasteiger partial charge in [0.2, 0.25) is 5.91 Å². The molecule has 168 valence electrons. The van der Waals surface area contributed by atoms with Gasteiger partial charge in [-0.1, -0.05) is 30.0 Å². The summed E-state index contributed by atoms with van der Waals surface area (Å²) in [4.78, 5) is 30.7. The molecule has 1 atom stereocenters. The Balaban J connectivity index is 1.74. The molecule has 0 spiro atoms. The molecule has 9 heteroatoms. The zero-order valence-corrected chi connectivity index (χ0v) is 18.5. The molecule has 0 saturated heterocycles. The lowest BCUT2D eigenvalue weighted by molar-refractivity contribution is -0.115. The first-order chi connectivity index (χ1) is 15.9. The molecule has 4 rings (SSSR count). The van der Waals surface area contributed by atoms with Crippen LogP contribution in [0.5, 0.6) is 5.75 Å². The van der Waals surface area contributed by atoms with Crippen molar-refractivity contribution in [2.24, 2.45) is 0 Å².